The van der Waals surface area contributed by atoms with Gasteiger partial charge in [0, 0.05) is 19.5 Å². The monoisotopic (exact) mass is 320 g/mol. The molecule has 2 N–H and O–H groups in total. The van der Waals surface area contributed by atoms with E-state index in [2.05, 4.69) is 5.32 Å². The summed E-state index contributed by atoms with van der Waals surface area (Å²) in [7, 11) is -3.40. The Bertz CT molecular complexity index is 477. The third-order valence-electron chi connectivity index (χ3n) is 3.79. The highest BCUT2D eigenvalue weighted by molar-refractivity contribution is 7.88. The molecule has 2 unspecified atom stereocenters. The maximum atomic E-state index is 12.2. The molecule has 0 aromatic heterocycles. The summed E-state index contributed by atoms with van der Waals surface area (Å²) in [4.78, 5) is 22.9. The number of piperidine rings is 1. The van der Waals surface area contributed by atoms with Gasteiger partial charge in [-0.3, -0.25) is 9.59 Å². The summed E-state index contributed by atoms with van der Waals surface area (Å²) >= 11 is 0. The van der Waals surface area contributed by atoms with Crippen molar-refractivity contribution in [1.82, 2.24) is 9.62 Å². The highest BCUT2D eigenvalue weighted by Gasteiger charge is 2.34. The Kier molecular flexibility index (Phi) is 6.60. The Hall–Kier alpha value is -1.15. The second kappa shape index (κ2) is 7.74. The van der Waals surface area contributed by atoms with Crippen molar-refractivity contribution in [3.63, 3.8) is 0 Å². The second-order valence-electron chi connectivity index (χ2n) is 5.50. The third kappa shape index (κ3) is 5.62. The van der Waals surface area contributed by atoms with E-state index in [1.807, 2.05) is 6.92 Å². The highest BCUT2D eigenvalue weighted by Crippen LogP contribution is 2.20. The molecule has 1 aliphatic heterocycles. The van der Waals surface area contributed by atoms with Gasteiger partial charge in [-0.2, -0.15) is 4.31 Å². The lowest BCUT2D eigenvalue weighted by Gasteiger charge is -2.32. The number of amides is 1. The lowest BCUT2D eigenvalue weighted by molar-refractivity contribution is -0.138. The van der Waals surface area contributed by atoms with Crippen LogP contribution in [0.15, 0.2) is 0 Å². The Morgan fingerprint density at radius 3 is 2.57 bits per heavy atom. The van der Waals surface area contributed by atoms with Gasteiger partial charge in [0.25, 0.3) is 0 Å². The summed E-state index contributed by atoms with van der Waals surface area (Å²) in [6.45, 7) is 2.49. The maximum absolute atomic E-state index is 12.2. The van der Waals surface area contributed by atoms with Crippen molar-refractivity contribution in [2.45, 2.75) is 45.1 Å². The van der Waals surface area contributed by atoms with Crippen molar-refractivity contribution < 1.29 is 23.1 Å². The number of carboxylic acid groups (broad SMARTS) is 1. The maximum Gasteiger partial charge on any atom is 0.303 e. The Labute approximate surface area is 125 Å². The van der Waals surface area contributed by atoms with Gasteiger partial charge in [0.05, 0.1) is 6.26 Å². The molecule has 0 spiro atoms. The molecule has 8 heteroatoms. The molecule has 122 valence electrons. The summed E-state index contributed by atoms with van der Waals surface area (Å²) in [5.74, 6) is -1.36. The van der Waals surface area contributed by atoms with Gasteiger partial charge in [0.2, 0.25) is 15.9 Å². The van der Waals surface area contributed by atoms with E-state index < -0.39 is 22.0 Å². The Morgan fingerprint density at radius 1 is 1.38 bits per heavy atom. The molecule has 0 aromatic rings. The largest absolute Gasteiger partial charge is 0.481 e. The van der Waals surface area contributed by atoms with Crippen LogP contribution in [0.3, 0.4) is 0 Å². The van der Waals surface area contributed by atoms with Gasteiger partial charge in [0.1, 0.15) is 6.04 Å². The number of hydrogen-bond acceptors (Lipinski definition) is 4. The molecule has 21 heavy (non-hydrogen) atoms. The SMILES string of the molecule is CCC(CNC(=O)C1CCCCN1S(C)(=O)=O)CC(=O)O. The summed E-state index contributed by atoms with van der Waals surface area (Å²) in [6.07, 6.45) is 3.83. The third-order valence-corrected chi connectivity index (χ3v) is 5.08. The van der Waals surface area contributed by atoms with Crippen molar-refractivity contribution in [1.29, 1.82) is 0 Å². The first-order valence-corrected chi connectivity index (χ1v) is 9.06. The lowest BCUT2D eigenvalue weighted by Crippen LogP contribution is -2.52. The number of carbonyl (C=O) groups excluding carboxylic acids is 1. The van der Waals surface area contributed by atoms with Crippen LogP contribution in [-0.4, -0.2) is 55.1 Å². The molecule has 1 rings (SSSR count). The van der Waals surface area contributed by atoms with Crippen molar-refractivity contribution in [3.05, 3.63) is 0 Å². The van der Waals surface area contributed by atoms with Crippen molar-refractivity contribution in [3.8, 4) is 0 Å². The molecular formula is C13H24N2O5S. The van der Waals surface area contributed by atoms with Gasteiger partial charge in [-0.25, -0.2) is 8.42 Å². The number of carboxylic acids is 1. The molecule has 0 aromatic carbocycles. The molecule has 2 atom stereocenters. The lowest BCUT2D eigenvalue weighted by atomic mass is 10.0. The molecule has 0 saturated carbocycles. The van der Waals surface area contributed by atoms with E-state index in [0.29, 0.717) is 19.4 Å². The summed E-state index contributed by atoms with van der Waals surface area (Å²) in [6, 6.07) is -0.670. The van der Waals surface area contributed by atoms with Crippen LogP contribution in [0.5, 0.6) is 0 Å². The fraction of sp³-hybridized carbons (Fsp3) is 0.846. The molecular weight excluding hydrogens is 296 g/mol. The van der Waals surface area contributed by atoms with E-state index in [4.69, 9.17) is 5.11 Å². The van der Waals surface area contributed by atoms with Crippen LogP contribution in [0.2, 0.25) is 0 Å². The van der Waals surface area contributed by atoms with E-state index in [-0.39, 0.29) is 24.8 Å². The van der Waals surface area contributed by atoms with Crippen LogP contribution < -0.4 is 5.32 Å². The van der Waals surface area contributed by atoms with Gasteiger partial charge in [0.15, 0.2) is 0 Å². The molecule has 1 aliphatic rings. The predicted molar refractivity (Wildman–Crippen MR) is 78.2 cm³/mol. The van der Waals surface area contributed by atoms with Gasteiger partial charge in [-0.1, -0.05) is 19.8 Å². The number of nitrogens with one attached hydrogen (secondary N) is 1. The summed E-state index contributed by atoms with van der Waals surface area (Å²) in [5, 5.41) is 11.5. The number of hydrogen-bond donors (Lipinski definition) is 2. The second-order valence-corrected chi connectivity index (χ2v) is 7.44. The van der Waals surface area contributed by atoms with E-state index in [1.165, 1.54) is 4.31 Å². The van der Waals surface area contributed by atoms with Crippen LogP contribution in [-0.2, 0) is 19.6 Å². The van der Waals surface area contributed by atoms with Crippen LogP contribution in [0.4, 0.5) is 0 Å². The van der Waals surface area contributed by atoms with Gasteiger partial charge < -0.3 is 10.4 Å². The standard InChI is InChI=1S/C13H24N2O5S/c1-3-10(8-12(16)17)9-14-13(18)11-6-4-5-7-15(11)21(2,19)20/h10-11H,3-9H2,1-2H3,(H,14,18)(H,16,17). The minimum absolute atomic E-state index is 0.00274. The zero-order chi connectivity index (χ0) is 16.0. The summed E-state index contributed by atoms with van der Waals surface area (Å²) < 4.78 is 24.7. The van der Waals surface area contributed by atoms with E-state index >= 15 is 0 Å². The van der Waals surface area contributed by atoms with Crippen molar-refractivity contribution in [2.75, 3.05) is 19.3 Å². The number of sulfonamides is 1. The Balaban J connectivity index is 2.62. The Morgan fingerprint density at radius 2 is 2.05 bits per heavy atom. The van der Waals surface area contributed by atoms with Gasteiger partial charge in [-0.05, 0) is 18.8 Å². The van der Waals surface area contributed by atoms with Crippen molar-refractivity contribution >= 4 is 21.9 Å². The zero-order valence-electron chi connectivity index (χ0n) is 12.5. The smallest absolute Gasteiger partial charge is 0.303 e. The number of aliphatic carboxylic acids is 1. The first-order valence-electron chi connectivity index (χ1n) is 7.22. The topological polar surface area (TPSA) is 104 Å². The number of rotatable bonds is 7. The quantitative estimate of drug-likeness (QED) is 0.707. The molecule has 0 radical (unpaired) electrons. The fourth-order valence-electron chi connectivity index (χ4n) is 2.53. The number of nitrogens with zero attached hydrogens (tertiary/aromatic N) is 1. The molecule has 0 aliphatic carbocycles. The minimum atomic E-state index is -3.40. The minimum Gasteiger partial charge on any atom is -0.481 e. The van der Waals surface area contributed by atoms with Crippen molar-refractivity contribution in [2.24, 2.45) is 5.92 Å². The average Bonchev–Trinajstić information content (AvgIpc) is 2.41. The van der Waals surface area contributed by atoms with E-state index in [1.54, 1.807) is 0 Å². The van der Waals surface area contributed by atoms with Gasteiger partial charge >= 0.3 is 5.97 Å². The molecule has 1 fully saturated rings. The highest BCUT2D eigenvalue weighted by atomic mass is 32.2. The van der Waals surface area contributed by atoms with E-state index in [9.17, 15) is 18.0 Å². The molecule has 0 bridgehead atoms. The van der Waals surface area contributed by atoms with E-state index in [0.717, 1.165) is 19.1 Å². The molecule has 1 amide bonds. The molecule has 1 saturated heterocycles. The zero-order valence-corrected chi connectivity index (χ0v) is 13.4. The molecule has 1 heterocycles. The van der Waals surface area contributed by atoms with Crippen LogP contribution >= 0.6 is 0 Å². The average molecular weight is 320 g/mol. The molecule has 7 nitrogen and oxygen atoms in total. The number of carbonyl (C=O) groups is 2. The summed E-state index contributed by atoms with van der Waals surface area (Å²) in [5.41, 5.74) is 0. The fourth-order valence-corrected chi connectivity index (χ4v) is 3.66. The van der Waals surface area contributed by atoms with Crippen LogP contribution in [0.1, 0.15) is 39.0 Å². The van der Waals surface area contributed by atoms with Gasteiger partial charge in [-0.15, -0.1) is 0 Å². The van der Waals surface area contributed by atoms with Crippen LogP contribution in [0.25, 0.3) is 0 Å². The first-order chi connectivity index (χ1) is 9.75. The predicted octanol–water partition coefficient (Wildman–Crippen LogP) is 0.418. The first kappa shape index (κ1) is 17.9. The van der Waals surface area contributed by atoms with Crippen LogP contribution in [0, 0.1) is 5.92 Å². The normalized spacial score (nSPS) is 21.7.